The van der Waals surface area contributed by atoms with Crippen LogP contribution in [-0.2, 0) is 17.0 Å². The molecule has 6 nitrogen and oxygen atoms in total. The molecule has 0 aliphatic carbocycles. The summed E-state index contributed by atoms with van der Waals surface area (Å²) in [6.45, 7) is 3.99. The van der Waals surface area contributed by atoms with Crippen molar-refractivity contribution in [3.8, 4) is 11.5 Å². The number of ether oxygens (including phenoxy) is 1. The highest BCUT2D eigenvalue weighted by Crippen LogP contribution is 2.29. The summed E-state index contributed by atoms with van der Waals surface area (Å²) in [7, 11) is 0. The molecule has 0 bridgehead atoms. The smallest absolute Gasteiger partial charge is 0.226 e. The van der Waals surface area contributed by atoms with Gasteiger partial charge >= 0.3 is 0 Å². The van der Waals surface area contributed by atoms with Crippen molar-refractivity contribution < 1.29 is 13.5 Å². The van der Waals surface area contributed by atoms with Crippen LogP contribution in [-0.4, -0.2) is 46.2 Å². The number of benzene rings is 2. The number of hydrogen-bond acceptors (Lipinski definition) is 7. The highest BCUT2D eigenvalue weighted by Gasteiger charge is 2.15. The lowest BCUT2D eigenvalue weighted by Crippen LogP contribution is -2.36. The molecule has 158 valence electrons. The zero-order chi connectivity index (χ0) is 21.0. The van der Waals surface area contributed by atoms with E-state index in [4.69, 9.17) is 19.1 Å². The van der Waals surface area contributed by atoms with E-state index in [0.717, 1.165) is 59.3 Å². The van der Waals surface area contributed by atoms with E-state index in [2.05, 4.69) is 9.88 Å². The van der Waals surface area contributed by atoms with Crippen LogP contribution in [0.5, 0.6) is 0 Å². The molecule has 4 aromatic rings. The molecule has 0 radical (unpaired) electrons. The van der Waals surface area contributed by atoms with Gasteiger partial charge in [-0.25, -0.2) is 19.3 Å². The summed E-state index contributed by atoms with van der Waals surface area (Å²) in [5, 5.41) is 1.96. The Balaban J connectivity index is 1.35. The molecule has 0 N–H and O–H groups in total. The van der Waals surface area contributed by atoms with Gasteiger partial charge in [0, 0.05) is 29.8 Å². The number of aromatic nitrogens is 3. The summed E-state index contributed by atoms with van der Waals surface area (Å²) in [5.74, 6) is 1.63. The van der Waals surface area contributed by atoms with Crippen molar-refractivity contribution in [1.29, 1.82) is 0 Å². The lowest BCUT2D eigenvalue weighted by Gasteiger charge is -2.25. The number of thioether (sulfide) groups is 1. The topological polar surface area (TPSA) is 64.3 Å². The number of morpholine rings is 1. The first-order valence-corrected chi connectivity index (χ1v) is 11.1. The van der Waals surface area contributed by atoms with Crippen LogP contribution >= 0.6 is 11.8 Å². The Morgan fingerprint density at radius 1 is 0.968 bits per heavy atom. The average molecular weight is 437 g/mol. The van der Waals surface area contributed by atoms with Crippen LogP contribution in [0.3, 0.4) is 0 Å². The second kappa shape index (κ2) is 9.13. The predicted molar refractivity (Wildman–Crippen MR) is 117 cm³/mol. The molecule has 1 saturated heterocycles. The standard InChI is InChI=1S/C23H21FN4O2S/c24-17-7-5-16(6-8-17)22-25-18(14-30-22)15-31-23-19-3-1-2-4-20(19)26-21(27-23)13-28-9-11-29-12-10-28/h1-8,14H,9-13,15H2. The minimum Gasteiger partial charge on any atom is -0.444 e. The van der Waals surface area contributed by atoms with Gasteiger partial charge in [0.2, 0.25) is 5.89 Å². The first-order valence-electron chi connectivity index (χ1n) is 10.1. The third-order valence-corrected chi connectivity index (χ3v) is 6.11. The quantitative estimate of drug-likeness (QED) is 0.325. The highest BCUT2D eigenvalue weighted by atomic mass is 32.2. The molecule has 2 aromatic heterocycles. The largest absolute Gasteiger partial charge is 0.444 e. The molecule has 0 unspecified atom stereocenters. The second-order valence-corrected chi connectivity index (χ2v) is 8.25. The number of para-hydroxylation sites is 1. The van der Waals surface area contributed by atoms with Crippen LogP contribution in [0.1, 0.15) is 11.5 Å². The maximum absolute atomic E-state index is 13.1. The Morgan fingerprint density at radius 2 is 1.77 bits per heavy atom. The van der Waals surface area contributed by atoms with E-state index in [9.17, 15) is 4.39 Å². The summed E-state index contributed by atoms with van der Waals surface area (Å²) >= 11 is 1.61. The molecule has 2 aromatic carbocycles. The molecular weight excluding hydrogens is 415 g/mol. The van der Waals surface area contributed by atoms with Crippen molar-refractivity contribution in [2.24, 2.45) is 0 Å². The summed E-state index contributed by atoms with van der Waals surface area (Å²) in [5.41, 5.74) is 2.50. The van der Waals surface area contributed by atoms with E-state index in [0.29, 0.717) is 18.2 Å². The van der Waals surface area contributed by atoms with Crippen molar-refractivity contribution in [3.05, 3.63) is 72.1 Å². The lowest BCUT2D eigenvalue weighted by molar-refractivity contribution is 0.0330. The van der Waals surface area contributed by atoms with E-state index in [1.807, 2.05) is 24.3 Å². The number of oxazole rings is 1. The van der Waals surface area contributed by atoms with Gasteiger partial charge in [0.25, 0.3) is 0 Å². The number of rotatable bonds is 6. The molecule has 1 fully saturated rings. The third-order valence-electron chi connectivity index (χ3n) is 5.08. The monoisotopic (exact) mass is 436 g/mol. The molecule has 1 aliphatic heterocycles. The zero-order valence-corrected chi connectivity index (χ0v) is 17.6. The van der Waals surface area contributed by atoms with E-state index in [1.165, 1.54) is 12.1 Å². The van der Waals surface area contributed by atoms with E-state index in [1.54, 1.807) is 30.2 Å². The molecule has 0 saturated carbocycles. The van der Waals surface area contributed by atoms with Gasteiger partial charge in [-0.2, -0.15) is 0 Å². The van der Waals surface area contributed by atoms with Crippen LogP contribution in [0.2, 0.25) is 0 Å². The minimum atomic E-state index is -0.283. The molecule has 31 heavy (non-hydrogen) atoms. The Kier molecular flexibility index (Phi) is 5.93. The number of fused-ring (bicyclic) bond motifs is 1. The fourth-order valence-corrected chi connectivity index (χ4v) is 4.39. The predicted octanol–water partition coefficient (Wildman–Crippen LogP) is 4.55. The summed E-state index contributed by atoms with van der Waals surface area (Å²) in [6, 6.07) is 14.2. The SMILES string of the molecule is Fc1ccc(-c2nc(CSc3nc(CN4CCOCC4)nc4ccccc34)co2)cc1. The van der Waals surface area contributed by atoms with E-state index < -0.39 is 0 Å². The maximum Gasteiger partial charge on any atom is 0.226 e. The molecule has 0 atom stereocenters. The third kappa shape index (κ3) is 4.76. The Hall–Kier alpha value is -2.81. The van der Waals surface area contributed by atoms with Crippen molar-refractivity contribution in [1.82, 2.24) is 19.9 Å². The van der Waals surface area contributed by atoms with E-state index >= 15 is 0 Å². The Bertz CT molecular complexity index is 1180. The molecule has 8 heteroatoms. The second-order valence-electron chi connectivity index (χ2n) is 7.29. The summed E-state index contributed by atoms with van der Waals surface area (Å²) in [4.78, 5) is 16.5. The fourth-order valence-electron chi connectivity index (χ4n) is 3.47. The molecule has 0 spiro atoms. The Morgan fingerprint density at radius 3 is 2.61 bits per heavy atom. The van der Waals surface area contributed by atoms with Gasteiger partial charge in [0.1, 0.15) is 22.9 Å². The zero-order valence-electron chi connectivity index (χ0n) is 16.8. The molecule has 5 rings (SSSR count). The van der Waals surface area contributed by atoms with Gasteiger partial charge < -0.3 is 9.15 Å². The summed E-state index contributed by atoms with van der Waals surface area (Å²) < 4.78 is 24.2. The van der Waals surface area contributed by atoms with Gasteiger partial charge in [0.15, 0.2) is 0 Å². The van der Waals surface area contributed by atoms with Crippen molar-refractivity contribution in [2.75, 3.05) is 26.3 Å². The number of hydrogen-bond donors (Lipinski definition) is 0. The van der Waals surface area contributed by atoms with Crippen LogP contribution in [0.25, 0.3) is 22.4 Å². The van der Waals surface area contributed by atoms with Crippen molar-refractivity contribution >= 4 is 22.7 Å². The van der Waals surface area contributed by atoms with Crippen molar-refractivity contribution in [3.63, 3.8) is 0 Å². The minimum absolute atomic E-state index is 0.283. The molecular formula is C23H21FN4O2S. The van der Waals surface area contributed by atoms with Gasteiger partial charge in [0.05, 0.1) is 31.0 Å². The van der Waals surface area contributed by atoms with Crippen LogP contribution in [0, 0.1) is 5.82 Å². The fraction of sp³-hybridized carbons (Fsp3) is 0.261. The number of halogens is 1. The van der Waals surface area contributed by atoms with Gasteiger partial charge in [-0.3, -0.25) is 4.90 Å². The highest BCUT2D eigenvalue weighted by molar-refractivity contribution is 7.98. The van der Waals surface area contributed by atoms with Gasteiger partial charge in [-0.15, -0.1) is 0 Å². The van der Waals surface area contributed by atoms with Crippen LogP contribution in [0.15, 0.2) is 64.2 Å². The average Bonchev–Trinajstić information content (AvgIpc) is 3.28. The normalized spacial score (nSPS) is 14.9. The first-order chi connectivity index (χ1) is 15.2. The lowest BCUT2D eigenvalue weighted by atomic mass is 10.2. The van der Waals surface area contributed by atoms with Crippen LogP contribution in [0.4, 0.5) is 4.39 Å². The molecule has 0 amide bonds. The molecule has 1 aliphatic rings. The van der Waals surface area contributed by atoms with Gasteiger partial charge in [-0.05, 0) is 30.3 Å². The van der Waals surface area contributed by atoms with Gasteiger partial charge in [-0.1, -0.05) is 30.0 Å². The first kappa shape index (κ1) is 20.1. The Labute approximate surface area is 183 Å². The van der Waals surface area contributed by atoms with Crippen LogP contribution < -0.4 is 0 Å². The number of nitrogens with zero attached hydrogens (tertiary/aromatic N) is 4. The maximum atomic E-state index is 13.1. The van der Waals surface area contributed by atoms with Crippen molar-refractivity contribution in [2.45, 2.75) is 17.3 Å². The van der Waals surface area contributed by atoms with E-state index in [-0.39, 0.29) is 5.82 Å². The molecule has 3 heterocycles. The summed E-state index contributed by atoms with van der Waals surface area (Å²) in [6.07, 6.45) is 1.64.